The number of nitrogens with zero attached hydrogens (tertiary/aromatic N) is 1. The Hall–Kier alpha value is -0.120. The van der Waals surface area contributed by atoms with Gasteiger partial charge in [-0.3, -0.25) is 4.90 Å². The van der Waals surface area contributed by atoms with E-state index in [0.717, 1.165) is 32.8 Å². The summed E-state index contributed by atoms with van der Waals surface area (Å²) in [6.07, 6.45) is 2.91. The minimum Gasteiger partial charge on any atom is -0.376 e. The third-order valence-corrected chi connectivity index (χ3v) is 2.51. The summed E-state index contributed by atoms with van der Waals surface area (Å²) in [6, 6.07) is 0. The summed E-state index contributed by atoms with van der Waals surface area (Å²) in [5, 5.41) is 3.18. The Bertz CT molecular complexity index is 128. The predicted molar refractivity (Wildman–Crippen MR) is 55.0 cm³/mol. The van der Waals surface area contributed by atoms with Crippen molar-refractivity contribution in [1.29, 1.82) is 0 Å². The van der Waals surface area contributed by atoms with Gasteiger partial charge in [-0.25, -0.2) is 0 Å². The van der Waals surface area contributed by atoms with Crippen LogP contribution in [0.25, 0.3) is 0 Å². The Balaban J connectivity index is 2.16. The number of hydrogen-bond acceptors (Lipinski definition) is 3. The number of hydrogen-bond donors (Lipinski definition) is 1. The molecule has 0 aromatic rings. The van der Waals surface area contributed by atoms with Crippen molar-refractivity contribution in [3.63, 3.8) is 0 Å². The average molecular weight is 186 g/mol. The van der Waals surface area contributed by atoms with Crippen molar-refractivity contribution >= 4 is 0 Å². The van der Waals surface area contributed by atoms with Crippen LogP contribution in [0.5, 0.6) is 0 Å². The van der Waals surface area contributed by atoms with E-state index in [-0.39, 0.29) is 0 Å². The molecule has 1 atom stereocenters. The molecule has 1 aliphatic heterocycles. The summed E-state index contributed by atoms with van der Waals surface area (Å²) >= 11 is 0. The molecule has 78 valence electrons. The molecule has 1 saturated heterocycles. The Kier molecular flexibility index (Phi) is 5.35. The normalized spacial score (nSPS) is 24.9. The number of ether oxygens (including phenoxy) is 1. The van der Waals surface area contributed by atoms with Crippen LogP contribution in [0.4, 0.5) is 0 Å². The third-order valence-electron chi connectivity index (χ3n) is 2.51. The van der Waals surface area contributed by atoms with Gasteiger partial charge in [-0.05, 0) is 13.5 Å². The number of likely N-dealkylation sites (N-methyl/N-ethyl adjacent to an activating group) is 1. The van der Waals surface area contributed by atoms with Crippen LogP contribution in [0.3, 0.4) is 0 Å². The van der Waals surface area contributed by atoms with E-state index in [1.165, 1.54) is 12.8 Å². The molecule has 1 N–H and O–H groups in total. The molecule has 0 aliphatic carbocycles. The smallest absolute Gasteiger partial charge is 0.0702 e. The topological polar surface area (TPSA) is 24.5 Å². The van der Waals surface area contributed by atoms with Gasteiger partial charge in [0.1, 0.15) is 0 Å². The molecule has 1 aliphatic rings. The lowest BCUT2D eigenvalue weighted by molar-refractivity contribution is -0.0315. The maximum absolute atomic E-state index is 5.67. The van der Waals surface area contributed by atoms with E-state index in [1.807, 2.05) is 7.05 Å². The highest BCUT2D eigenvalue weighted by atomic mass is 16.5. The molecule has 1 rings (SSSR count). The van der Waals surface area contributed by atoms with Crippen molar-refractivity contribution in [2.24, 2.45) is 0 Å². The molecule has 0 radical (unpaired) electrons. The maximum Gasteiger partial charge on any atom is 0.0702 e. The second-order valence-electron chi connectivity index (χ2n) is 3.69. The van der Waals surface area contributed by atoms with Gasteiger partial charge in [-0.1, -0.05) is 13.3 Å². The van der Waals surface area contributed by atoms with Crippen molar-refractivity contribution in [3.8, 4) is 0 Å². The van der Waals surface area contributed by atoms with E-state index in [9.17, 15) is 0 Å². The average Bonchev–Trinajstić information content (AvgIpc) is 2.16. The van der Waals surface area contributed by atoms with Gasteiger partial charge in [0.2, 0.25) is 0 Å². The minimum atomic E-state index is 0.482. The van der Waals surface area contributed by atoms with Gasteiger partial charge in [-0.2, -0.15) is 0 Å². The van der Waals surface area contributed by atoms with E-state index in [0.29, 0.717) is 6.10 Å². The van der Waals surface area contributed by atoms with Crippen LogP contribution in [0.1, 0.15) is 19.8 Å². The van der Waals surface area contributed by atoms with Crippen LogP contribution in [-0.4, -0.2) is 50.8 Å². The summed E-state index contributed by atoms with van der Waals surface area (Å²) in [6.45, 7) is 7.58. The monoisotopic (exact) mass is 186 g/mol. The van der Waals surface area contributed by atoms with Crippen LogP contribution >= 0.6 is 0 Å². The molecule has 1 heterocycles. The molecule has 0 aromatic carbocycles. The van der Waals surface area contributed by atoms with E-state index < -0.39 is 0 Å². The van der Waals surface area contributed by atoms with Crippen LogP contribution in [0, 0.1) is 0 Å². The summed E-state index contributed by atoms with van der Waals surface area (Å²) in [5.74, 6) is 0. The lowest BCUT2D eigenvalue weighted by Crippen LogP contribution is -2.44. The molecular formula is C10H22N2O. The fourth-order valence-electron chi connectivity index (χ4n) is 1.75. The fourth-order valence-corrected chi connectivity index (χ4v) is 1.75. The third kappa shape index (κ3) is 4.07. The van der Waals surface area contributed by atoms with Gasteiger partial charge in [0.15, 0.2) is 0 Å². The van der Waals surface area contributed by atoms with Crippen molar-refractivity contribution < 1.29 is 4.74 Å². The van der Waals surface area contributed by atoms with Gasteiger partial charge in [-0.15, -0.1) is 0 Å². The van der Waals surface area contributed by atoms with E-state index in [2.05, 4.69) is 17.1 Å². The van der Waals surface area contributed by atoms with E-state index >= 15 is 0 Å². The number of rotatable bonds is 5. The quantitative estimate of drug-likeness (QED) is 0.684. The van der Waals surface area contributed by atoms with E-state index in [1.54, 1.807) is 0 Å². The zero-order chi connectivity index (χ0) is 9.52. The van der Waals surface area contributed by atoms with Crippen LogP contribution in [0.15, 0.2) is 0 Å². The molecule has 0 bridgehead atoms. The SMILES string of the molecule is CCC[C@@H]1CN(CCNC)CCO1. The lowest BCUT2D eigenvalue weighted by Gasteiger charge is -2.32. The van der Waals surface area contributed by atoms with Gasteiger partial charge >= 0.3 is 0 Å². The Morgan fingerprint density at radius 3 is 3.08 bits per heavy atom. The summed E-state index contributed by atoms with van der Waals surface area (Å²) in [5.41, 5.74) is 0. The molecule has 0 unspecified atom stereocenters. The minimum absolute atomic E-state index is 0.482. The van der Waals surface area contributed by atoms with Gasteiger partial charge in [0.05, 0.1) is 12.7 Å². The second kappa shape index (κ2) is 6.35. The fraction of sp³-hybridized carbons (Fsp3) is 1.00. The Morgan fingerprint density at radius 1 is 1.54 bits per heavy atom. The highest BCUT2D eigenvalue weighted by Gasteiger charge is 2.18. The molecule has 0 amide bonds. The molecule has 0 aromatic heterocycles. The zero-order valence-electron chi connectivity index (χ0n) is 8.88. The maximum atomic E-state index is 5.67. The first-order valence-corrected chi connectivity index (χ1v) is 5.35. The summed E-state index contributed by atoms with van der Waals surface area (Å²) in [4.78, 5) is 2.49. The largest absolute Gasteiger partial charge is 0.376 e. The van der Waals surface area contributed by atoms with Crippen LogP contribution < -0.4 is 5.32 Å². The molecule has 0 saturated carbocycles. The predicted octanol–water partition coefficient (Wildman–Crippen LogP) is 0.707. The molecule has 3 heteroatoms. The van der Waals surface area contributed by atoms with E-state index in [4.69, 9.17) is 4.74 Å². The number of nitrogens with one attached hydrogen (secondary N) is 1. The highest BCUT2D eigenvalue weighted by molar-refractivity contribution is 4.71. The Morgan fingerprint density at radius 2 is 2.38 bits per heavy atom. The summed E-state index contributed by atoms with van der Waals surface area (Å²) in [7, 11) is 2.00. The van der Waals surface area contributed by atoms with Crippen molar-refractivity contribution in [1.82, 2.24) is 10.2 Å². The van der Waals surface area contributed by atoms with Crippen LogP contribution in [0.2, 0.25) is 0 Å². The molecule has 1 fully saturated rings. The van der Waals surface area contributed by atoms with Crippen molar-refractivity contribution in [3.05, 3.63) is 0 Å². The Labute approximate surface area is 81.4 Å². The highest BCUT2D eigenvalue weighted by Crippen LogP contribution is 2.09. The van der Waals surface area contributed by atoms with Gasteiger partial charge in [0.25, 0.3) is 0 Å². The standard InChI is InChI=1S/C10H22N2O/c1-3-4-10-9-12(6-5-11-2)7-8-13-10/h10-11H,3-9H2,1-2H3/t10-/m1/s1. The second-order valence-corrected chi connectivity index (χ2v) is 3.69. The van der Waals surface area contributed by atoms with Crippen LogP contribution in [-0.2, 0) is 4.74 Å². The first-order valence-electron chi connectivity index (χ1n) is 5.35. The van der Waals surface area contributed by atoms with Gasteiger partial charge in [0, 0.05) is 26.2 Å². The van der Waals surface area contributed by atoms with Crippen molar-refractivity contribution in [2.45, 2.75) is 25.9 Å². The summed E-state index contributed by atoms with van der Waals surface area (Å²) < 4.78 is 5.67. The van der Waals surface area contributed by atoms with Gasteiger partial charge < -0.3 is 10.1 Å². The first-order chi connectivity index (χ1) is 6.36. The lowest BCUT2D eigenvalue weighted by atomic mass is 10.2. The van der Waals surface area contributed by atoms with Crippen molar-refractivity contribution in [2.75, 3.05) is 39.8 Å². The first kappa shape index (κ1) is 11.0. The molecule has 13 heavy (non-hydrogen) atoms. The number of morpholine rings is 1. The molecular weight excluding hydrogens is 164 g/mol. The molecule has 3 nitrogen and oxygen atoms in total. The zero-order valence-corrected chi connectivity index (χ0v) is 8.88. The molecule has 0 spiro atoms.